The lowest BCUT2D eigenvalue weighted by molar-refractivity contribution is 0.329. The van der Waals surface area contributed by atoms with Crippen molar-refractivity contribution in [2.24, 2.45) is 12.5 Å². The van der Waals surface area contributed by atoms with Crippen molar-refractivity contribution in [1.29, 1.82) is 0 Å². The Kier molecular flexibility index (Phi) is 2.89. The van der Waals surface area contributed by atoms with Crippen LogP contribution in [0.25, 0.3) is 10.9 Å². The molecule has 4 nitrogen and oxygen atoms in total. The molecule has 0 radical (unpaired) electrons. The zero-order valence-electron chi connectivity index (χ0n) is 11.2. The highest BCUT2D eigenvalue weighted by molar-refractivity contribution is 5.77. The summed E-state index contributed by atoms with van der Waals surface area (Å²) in [5, 5.41) is 0.587. The highest BCUT2D eigenvalue weighted by Gasteiger charge is 2.17. The van der Waals surface area contributed by atoms with Crippen LogP contribution in [0, 0.1) is 5.41 Å². The second-order valence-corrected chi connectivity index (χ2v) is 5.81. The minimum Gasteiger partial charge on any atom is -0.296 e. The highest BCUT2D eigenvalue weighted by atomic mass is 16.2. The molecule has 0 atom stereocenters. The quantitative estimate of drug-likeness (QED) is 0.769. The first-order valence-corrected chi connectivity index (χ1v) is 6.00. The van der Waals surface area contributed by atoms with E-state index < -0.39 is 0 Å². The predicted octanol–water partition coefficient (Wildman–Crippen LogP) is 1.75. The van der Waals surface area contributed by atoms with E-state index in [1.807, 2.05) is 32.9 Å². The lowest BCUT2D eigenvalue weighted by Crippen LogP contribution is -2.41. The molecule has 0 aliphatic carbocycles. The first-order valence-electron chi connectivity index (χ1n) is 6.00. The molecular formula is C14H18N2O2. The minimum atomic E-state index is -0.256. The molecule has 0 unspecified atom stereocenters. The van der Waals surface area contributed by atoms with Crippen LogP contribution in [0.15, 0.2) is 33.9 Å². The predicted molar refractivity (Wildman–Crippen MR) is 72.9 cm³/mol. The molecule has 0 bridgehead atoms. The summed E-state index contributed by atoms with van der Waals surface area (Å²) in [6.45, 7) is 6.44. The van der Waals surface area contributed by atoms with Crippen LogP contribution in [0.3, 0.4) is 0 Å². The van der Waals surface area contributed by atoms with Gasteiger partial charge in [-0.15, -0.1) is 0 Å². The van der Waals surface area contributed by atoms with E-state index in [0.717, 1.165) is 0 Å². The third kappa shape index (κ3) is 2.10. The number of para-hydroxylation sites is 1. The number of fused-ring (bicyclic) bond motifs is 1. The second kappa shape index (κ2) is 4.12. The van der Waals surface area contributed by atoms with Gasteiger partial charge in [-0.3, -0.25) is 13.9 Å². The van der Waals surface area contributed by atoms with E-state index in [2.05, 4.69) is 0 Å². The molecule has 0 aliphatic rings. The Morgan fingerprint density at radius 1 is 1.11 bits per heavy atom. The molecule has 0 aliphatic heterocycles. The van der Waals surface area contributed by atoms with Crippen molar-refractivity contribution in [3.8, 4) is 0 Å². The maximum Gasteiger partial charge on any atom is 0.331 e. The molecule has 96 valence electrons. The number of rotatable bonds is 1. The van der Waals surface area contributed by atoms with Crippen LogP contribution in [-0.2, 0) is 13.6 Å². The molecule has 1 aromatic carbocycles. The van der Waals surface area contributed by atoms with Gasteiger partial charge in [0.2, 0.25) is 0 Å². The first kappa shape index (κ1) is 12.6. The number of nitrogens with zero attached hydrogens (tertiary/aromatic N) is 2. The van der Waals surface area contributed by atoms with E-state index in [1.54, 1.807) is 19.2 Å². The fraction of sp³-hybridized carbons (Fsp3) is 0.429. The van der Waals surface area contributed by atoms with Crippen molar-refractivity contribution in [1.82, 2.24) is 9.13 Å². The highest BCUT2D eigenvalue weighted by Crippen LogP contribution is 2.14. The van der Waals surface area contributed by atoms with Gasteiger partial charge in [0.15, 0.2) is 0 Å². The molecule has 0 saturated carbocycles. The van der Waals surface area contributed by atoms with Gasteiger partial charge in [-0.25, -0.2) is 4.79 Å². The molecule has 0 amide bonds. The van der Waals surface area contributed by atoms with Crippen molar-refractivity contribution in [2.45, 2.75) is 27.3 Å². The van der Waals surface area contributed by atoms with Crippen LogP contribution in [0.4, 0.5) is 0 Å². The molecule has 18 heavy (non-hydrogen) atoms. The van der Waals surface area contributed by atoms with Crippen molar-refractivity contribution in [3.05, 3.63) is 45.1 Å². The van der Waals surface area contributed by atoms with Crippen LogP contribution < -0.4 is 11.2 Å². The summed E-state index contributed by atoms with van der Waals surface area (Å²) in [7, 11) is 1.70. The maximum absolute atomic E-state index is 12.3. The lowest BCUT2D eigenvalue weighted by Gasteiger charge is -2.20. The number of aryl methyl sites for hydroxylation is 1. The van der Waals surface area contributed by atoms with Gasteiger partial charge in [0, 0.05) is 13.6 Å². The van der Waals surface area contributed by atoms with Gasteiger partial charge in [-0.05, 0) is 17.5 Å². The maximum atomic E-state index is 12.3. The molecule has 2 rings (SSSR count). The van der Waals surface area contributed by atoms with Gasteiger partial charge >= 0.3 is 5.69 Å². The summed E-state index contributed by atoms with van der Waals surface area (Å²) >= 11 is 0. The molecule has 0 saturated heterocycles. The molecule has 1 heterocycles. The molecule has 1 aromatic heterocycles. The Labute approximate surface area is 105 Å². The lowest BCUT2D eigenvalue weighted by atomic mass is 9.97. The SMILES string of the molecule is Cn1c(=O)n(CC(C)(C)C)c(=O)c2ccccc21. The smallest absolute Gasteiger partial charge is 0.296 e. The number of benzene rings is 1. The van der Waals surface area contributed by atoms with Crippen molar-refractivity contribution >= 4 is 10.9 Å². The Morgan fingerprint density at radius 2 is 1.72 bits per heavy atom. The van der Waals surface area contributed by atoms with Crippen molar-refractivity contribution < 1.29 is 0 Å². The van der Waals surface area contributed by atoms with Crippen molar-refractivity contribution in [3.63, 3.8) is 0 Å². The summed E-state index contributed by atoms with van der Waals surface area (Å²) in [4.78, 5) is 24.5. The summed E-state index contributed by atoms with van der Waals surface area (Å²) < 4.78 is 2.85. The Bertz CT molecular complexity index is 702. The van der Waals surface area contributed by atoms with E-state index in [9.17, 15) is 9.59 Å². The van der Waals surface area contributed by atoms with Gasteiger partial charge in [0.1, 0.15) is 0 Å². The van der Waals surface area contributed by atoms with Gasteiger partial charge in [-0.2, -0.15) is 0 Å². The van der Waals surface area contributed by atoms with Crippen LogP contribution >= 0.6 is 0 Å². The number of hydrogen-bond donors (Lipinski definition) is 0. The Hall–Kier alpha value is -1.84. The van der Waals surface area contributed by atoms with E-state index in [0.29, 0.717) is 17.4 Å². The topological polar surface area (TPSA) is 44.0 Å². The third-order valence-electron chi connectivity index (χ3n) is 2.89. The molecule has 0 spiro atoms. The average Bonchev–Trinajstić information content (AvgIpc) is 2.31. The third-order valence-corrected chi connectivity index (χ3v) is 2.89. The van der Waals surface area contributed by atoms with Crippen LogP contribution in [0.2, 0.25) is 0 Å². The fourth-order valence-electron chi connectivity index (χ4n) is 2.08. The zero-order valence-corrected chi connectivity index (χ0v) is 11.2. The minimum absolute atomic E-state index is 0.113. The monoisotopic (exact) mass is 246 g/mol. The molecular weight excluding hydrogens is 228 g/mol. The van der Waals surface area contributed by atoms with Crippen LogP contribution in [-0.4, -0.2) is 9.13 Å². The molecule has 4 heteroatoms. The van der Waals surface area contributed by atoms with E-state index in [1.165, 1.54) is 9.13 Å². The molecule has 0 N–H and O–H groups in total. The number of hydrogen-bond acceptors (Lipinski definition) is 2. The summed E-state index contributed by atoms with van der Waals surface area (Å²) in [5.41, 5.74) is 0.105. The van der Waals surface area contributed by atoms with Gasteiger partial charge in [0.05, 0.1) is 10.9 Å². The van der Waals surface area contributed by atoms with Gasteiger partial charge in [-0.1, -0.05) is 32.9 Å². The largest absolute Gasteiger partial charge is 0.331 e. The summed E-state index contributed by atoms with van der Waals surface area (Å²) in [5.74, 6) is 0. The Morgan fingerprint density at radius 3 is 2.33 bits per heavy atom. The summed E-state index contributed by atoms with van der Waals surface area (Å²) in [6.07, 6.45) is 0. The van der Waals surface area contributed by atoms with E-state index >= 15 is 0 Å². The van der Waals surface area contributed by atoms with Gasteiger partial charge < -0.3 is 0 Å². The van der Waals surface area contributed by atoms with Gasteiger partial charge in [0.25, 0.3) is 5.56 Å². The molecule has 2 aromatic rings. The van der Waals surface area contributed by atoms with Crippen LogP contribution in [0.1, 0.15) is 20.8 Å². The summed E-state index contributed by atoms with van der Waals surface area (Å²) in [6, 6.07) is 7.20. The normalized spacial score (nSPS) is 12.0. The zero-order chi connectivity index (χ0) is 13.5. The average molecular weight is 246 g/mol. The van der Waals surface area contributed by atoms with Crippen molar-refractivity contribution in [2.75, 3.05) is 0 Å². The van der Waals surface area contributed by atoms with E-state index in [4.69, 9.17) is 0 Å². The number of aromatic nitrogens is 2. The van der Waals surface area contributed by atoms with Crippen LogP contribution in [0.5, 0.6) is 0 Å². The first-order chi connectivity index (χ1) is 8.31. The second-order valence-electron chi connectivity index (χ2n) is 5.81. The van der Waals surface area contributed by atoms with E-state index in [-0.39, 0.29) is 16.7 Å². The fourth-order valence-corrected chi connectivity index (χ4v) is 2.08. The standard InChI is InChI=1S/C14H18N2O2/c1-14(2,3)9-16-12(17)10-7-5-6-8-11(10)15(4)13(16)18/h5-8H,9H2,1-4H3. The Balaban J connectivity index is 2.84. The molecule has 0 fully saturated rings.